The zero-order chi connectivity index (χ0) is 24.4. The molecule has 3 aromatic rings. The van der Waals surface area contributed by atoms with Gasteiger partial charge in [-0.1, -0.05) is 38.3 Å². The number of H-pyrrole nitrogens is 1. The number of rotatable bonds is 8. The minimum Gasteiger partial charge on any atom is -0.377 e. The summed E-state index contributed by atoms with van der Waals surface area (Å²) in [6.07, 6.45) is 9.18. The molecule has 0 spiro atoms. The standard InChI is InChI=1S/C27H38N6O2/c1-4-24(26-29-30-31-33(26)21-9-6-5-7-10-21)32(17-22-11-8-14-35-22)16-20-15-23-18(2)12-13-19(3)25(23)28-27(20)34/h12-13,15,21-22,24H,4-11,14,16-17H2,1-3H3,(H,28,34). The van der Waals surface area contributed by atoms with E-state index in [2.05, 4.69) is 62.1 Å². The quantitative estimate of drug-likeness (QED) is 0.502. The number of aromatic nitrogens is 5. The number of tetrazole rings is 1. The highest BCUT2D eigenvalue weighted by atomic mass is 16.5. The smallest absolute Gasteiger partial charge is 0.252 e. The third-order valence-electron chi connectivity index (χ3n) is 7.92. The van der Waals surface area contributed by atoms with Gasteiger partial charge in [0.25, 0.3) is 5.56 Å². The van der Waals surface area contributed by atoms with Crippen LogP contribution < -0.4 is 5.56 Å². The van der Waals surface area contributed by atoms with Gasteiger partial charge in [0.2, 0.25) is 0 Å². The van der Waals surface area contributed by atoms with E-state index >= 15 is 0 Å². The third kappa shape index (κ3) is 5.05. The van der Waals surface area contributed by atoms with Gasteiger partial charge in [0, 0.05) is 30.6 Å². The molecule has 2 fully saturated rings. The number of nitrogens with zero attached hydrogens (tertiary/aromatic N) is 5. The van der Waals surface area contributed by atoms with Gasteiger partial charge in [0.15, 0.2) is 5.82 Å². The first kappa shape index (κ1) is 24.1. The average molecular weight is 479 g/mol. The molecule has 0 amide bonds. The first-order valence-electron chi connectivity index (χ1n) is 13.3. The minimum absolute atomic E-state index is 0.0184. The second-order valence-corrected chi connectivity index (χ2v) is 10.4. The molecule has 2 aliphatic rings. The Hall–Kier alpha value is -2.58. The molecule has 0 bridgehead atoms. The van der Waals surface area contributed by atoms with E-state index < -0.39 is 0 Å². The zero-order valence-electron chi connectivity index (χ0n) is 21.3. The number of hydrogen-bond donors (Lipinski definition) is 1. The lowest BCUT2D eigenvalue weighted by Gasteiger charge is -2.33. The van der Waals surface area contributed by atoms with Gasteiger partial charge in [-0.3, -0.25) is 9.69 Å². The highest BCUT2D eigenvalue weighted by Gasteiger charge is 2.31. The van der Waals surface area contributed by atoms with E-state index in [1.807, 2.05) is 6.92 Å². The molecule has 1 saturated carbocycles. The molecule has 2 aromatic heterocycles. The van der Waals surface area contributed by atoms with Crippen molar-refractivity contribution in [3.8, 4) is 0 Å². The zero-order valence-corrected chi connectivity index (χ0v) is 21.3. The van der Waals surface area contributed by atoms with Crippen LogP contribution in [-0.4, -0.2) is 49.3 Å². The number of benzene rings is 1. The fourth-order valence-corrected chi connectivity index (χ4v) is 5.92. The summed E-state index contributed by atoms with van der Waals surface area (Å²) in [7, 11) is 0. The highest BCUT2D eigenvalue weighted by molar-refractivity contribution is 5.85. The van der Waals surface area contributed by atoms with Crippen molar-refractivity contribution in [3.63, 3.8) is 0 Å². The summed E-state index contributed by atoms with van der Waals surface area (Å²) in [5.41, 5.74) is 3.94. The Labute approximate surface area is 207 Å². The van der Waals surface area contributed by atoms with Gasteiger partial charge in [-0.05, 0) is 73.6 Å². The lowest BCUT2D eigenvalue weighted by Crippen LogP contribution is -2.38. The van der Waals surface area contributed by atoms with Crippen LogP contribution in [0.3, 0.4) is 0 Å². The van der Waals surface area contributed by atoms with Crippen LogP contribution in [-0.2, 0) is 11.3 Å². The third-order valence-corrected chi connectivity index (χ3v) is 7.92. The Balaban J connectivity index is 1.50. The second kappa shape index (κ2) is 10.6. The fourth-order valence-electron chi connectivity index (χ4n) is 5.92. The Morgan fingerprint density at radius 1 is 1.14 bits per heavy atom. The number of ether oxygens (including phenoxy) is 1. The van der Waals surface area contributed by atoms with Crippen LogP contribution in [0.15, 0.2) is 23.0 Å². The van der Waals surface area contributed by atoms with Crippen molar-refractivity contribution in [3.05, 3.63) is 51.1 Å². The molecule has 3 heterocycles. The Bertz CT molecular complexity index is 1210. The van der Waals surface area contributed by atoms with Gasteiger partial charge in [-0.2, -0.15) is 0 Å². The van der Waals surface area contributed by atoms with Gasteiger partial charge in [0.1, 0.15) is 0 Å². The van der Waals surface area contributed by atoms with Gasteiger partial charge in [-0.25, -0.2) is 4.68 Å². The number of pyridine rings is 1. The summed E-state index contributed by atoms with van der Waals surface area (Å²) in [5, 5.41) is 14.2. The largest absolute Gasteiger partial charge is 0.377 e. The molecule has 1 N–H and O–H groups in total. The maximum atomic E-state index is 13.2. The molecular formula is C27H38N6O2. The van der Waals surface area contributed by atoms with Crippen LogP contribution in [0.5, 0.6) is 0 Å². The van der Waals surface area contributed by atoms with E-state index in [1.165, 1.54) is 24.8 Å². The second-order valence-electron chi connectivity index (χ2n) is 10.4. The van der Waals surface area contributed by atoms with Crippen LogP contribution >= 0.6 is 0 Å². The van der Waals surface area contributed by atoms with E-state index in [9.17, 15) is 4.79 Å². The lowest BCUT2D eigenvalue weighted by atomic mass is 9.95. The Morgan fingerprint density at radius 3 is 2.69 bits per heavy atom. The SMILES string of the molecule is CCC(c1nnnn1C1CCCCC1)N(Cc1cc2c(C)ccc(C)c2[nH]c1=O)CC1CCCO1. The van der Waals surface area contributed by atoms with Gasteiger partial charge >= 0.3 is 0 Å². The van der Waals surface area contributed by atoms with E-state index in [0.717, 1.165) is 73.1 Å². The topological polar surface area (TPSA) is 88.9 Å². The summed E-state index contributed by atoms with van der Waals surface area (Å²) in [6, 6.07) is 6.65. The van der Waals surface area contributed by atoms with Crippen LogP contribution in [0.4, 0.5) is 0 Å². The fraction of sp³-hybridized carbons (Fsp3) is 0.630. The Kier molecular flexibility index (Phi) is 7.29. The predicted octanol–water partition coefficient (Wildman–Crippen LogP) is 4.77. The molecule has 1 aliphatic heterocycles. The van der Waals surface area contributed by atoms with Crippen molar-refractivity contribution < 1.29 is 4.74 Å². The maximum absolute atomic E-state index is 13.2. The van der Waals surface area contributed by atoms with Crippen molar-refractivity contribution in [2.75, 3.05) is 13.2 Å². The number of aromatic amines is 1. The first-order chi connectivity index (χ1) is 17.0. The van der Waals surface area contributed by atoms with Crippen LogP contribution in [0.2, 0.25) is 0 Å². The van der Waals surface area contributed by atoms with E-state index in [0.29, 0.717) is 12.6 Å². The minimum atomic E-state index is -0.0229. The molecule has 188 valence electrons. The molecular weight excluding hydrogens is 440 g/mol. The van der Waals surface area contributed by atoms with Crippen LogP contribution in [0.25, 0.3) is 10.9 Å². The van der Waals surface area contributed by atoms with E-state index in [1.54, 1.807) is 0 Å². The number of hydrogen-bond acceptors (Lipinski definition) is 6. The highest BCUT2D eigenvalue weighted by Crippen LogP contribution is 2.33. The van der Waals surface area contributed by atoms with Crippen molar-refractivity contribution in [2.24, 2.45) is 0 Å². The molecule has 0 radical (unpaired) electrons. The normalized spacial score (nSPS) is 20.2. The number of nitrogens with one attached hydrogen (secondary N) is 1. The van der Waals surface area contributed by atoms with Crippen molar-refractivity contribution >= 4 is 10.9 Å². The molecule has 2 unspecified atom stereocenters. The number of aryl methyl sites for hydroxylation is 2. The van der Waals surface area contributed by atoms with Crippen molar-refractivity contribution in [2.45, 2.75) is 96.9 Å². The van der Waals surface area contributed by atoms with Crippen molar-refractivity contribution in [1.29, 1.82) is 0 Å². The van der Waals surface area contributed by atoms with Gasteiger partial charge in [-0.15, -0.1) is 5.10 Å². The molecule has 2 atom stereocenters. The molecule has 1 saturated heterocycles. The van der Waals surface area contributed by atoms with Crippen LogP contribution in [0.1, 0.15) is 92.9 Å². The number of fused-ring (bicyclic) bond motifs is 1. The summed E-state index contributed by atoms with van der Waals surface area (Å²) >= 11 is 0. The van der Waals surface area contributed by atoms with Gasteiger partial charge < -0.3 is 9.72 Å². The van der Waals surface area contributed by atoms with Crippen molar-refractivity contribution in [1.82, 2.24) is 30.1 Å². The maximum Gasteiger partial charge on any atom is 0.252 e. The summed E-state index contributed by atoms with van der Waals surface area (Å²) < 4.78 is 8.11. The van der Waals surface area contributed by atoms with Crippen LogP contribution in [0, 0.1) is 13.8 Å². The molecule has 1 aromatic carbocycles. The summed E-state index contributed by atoms with van der Waals surface area (Å²) in [6.45, 7) is 8.44. The summed E-state index contributed by atoms with van der Waals surface area (Å²) in [5.74, 6) is 0.918. The first-order valence-corrected chi connectivity index (χ1v) is 13.3. The molecule has 8 nitrogen and oxygen atoms in total. The summed E-state index contributed by atoms with van der Waals surface area (Å²) in [4.78, 5) is 18.8. The molecule has 8 heteroatoms. The lowest BCUT2D eigenvalue weighted by molar-refractivity contribution is 0.0481. The Morgan fingerprint density at radius 2 is 1.94 bits per heavy atom. The average Bonchev–Trinajstić information content (AvgIpc) is 3.56. The van der Waals surface area contributed by atoms with E-state index in [-0.39, 0.29) is 17.7 Å². The molecule has 35 heavy (non-hydrogen) atoms. The molecule has 5 rings (SSSR count). The molecule has 1 aliphatic carbocycles. The van der Waals surface area contributed by atoms with Gasteiger partial charge in [0.05, 0.1) is 23.7 Å². The van der Waals surface area contributed by atoms with E-state index in [4.69, 9.17) is 4.74 Å². The monoisotopic (exact) mass is 478 g/mol. The predicted molar refractivity (Wildman–Crippen MR) is 136 cm³/mol.